The molecule has 1 saturated heterocycles. The van der Waals surface area contributed by atoms with Crippen LogP contribution in [0.3, 0.4) is 0 Å². The lowest BCUT2D eigenvalue weighted by Crippen LogP contribution is -2.41. The summed E-state index contributed by atoms with van der Waals surface area (Å²) in [7, 11) is 4.08. The van der Waals surface area contributed by atoms with Crippen LogP contribution in [-0.4, -0.2) is 49.2 Å². The number of nitrogens with zero attached hydrogens (tertiary/aromatic N) is 2. The van der Waals surface area contributed by atoms with E-state index in [1.54, 1.807) is 6.07 Å². The van der Waals surface area contributed by atoms with Gasteiger partial charge in [0.1, 0.15) is 0 Å². The van der Waals surface area contributed by atoms with E-state index in [0.717, 1.165) is 25.9 Å². The summed E-state index contributed by atoms with van der Waals surface area (Å²) >= 11 is 0. The number of carboxylic acids is 1. The Morgan fingerprint density at radius 2 is 2.12 bits per heavy atom. The van der Waals surface area contributed by atoms with Crippen molar-refractivity contribution in [3.63, 3.8) is 0 Å². The number of likely N-dealkylation sites (tertiary alicyclic amines) is 1. The van der Waals surface area contributed by atoms with Crippen molar-refractivity contribution in [2.24, 2.45) is 0 Å². The third-order valence-corrected chi connectivity index (χ3v) is 3.39. The first-order valence-electron chi connectivity index (χ1n) is 5.82. The monoisotopic (exact) mass is 238 g/mol. The number of hydrogen-bond acceptors (Lipinski definition) is 4. The smallest absolute Gasteiger partial charge is 0.371 e. The van der Waals surface area contributed by atoms with E-state index < -0.39 is 5.97 Å². The minimum atomic E-state index is -1.02. The van der Waals surface area contributed by atoms with Crippen LogP contribution in [0.5, 0.6) is 0 Å². The van der Waals surface area contributed by atoms with Gasteiger partial charge in [-0.25, -0.2) is 4.79 Å². The predicted molar refractivity (Wildman–Crippen MR) is 64.6 cm³/mol. The van der Waals surface area contributed by atoms with Gasteiger partial charge in [-0.3, -0.25) is 0 Å². The summed E-state index contributed by atoms with van der Waals surface area (Å²) in [5.74, 6) is -0.384. The molecule has 0 bridgehead atoms. The molecule has 1 aromatic heterocycles. The molecule has 1 aliphatic heterocycles. The van der Waals surface area contributed by atoms with E-state index >= 15 is 0 Å². The Kier molecular flexibility index (Phi) is 3.38. The van der Waals surface area contributed by atoms with Crippen LogP contribution in [0.25, 0.3) is 0 Å². The maximum atomic E-state index is 10.7. The molecule has 2 heterocycles. The van der Waals surface area contributed by atoms with Crippen molar-refractivity contribution < 1.29 is 14.3 Å². The molecule has 1 aromatic rings. The highest BCUT2D eigenvalue weighted by Gasteiger charge is 2.23. The fraction of sp³-hybridized carbons (Fsp3) is 0.583. The quantitative estimate of drug-likeness (QED) is 0.865. The first-order valence-corrected chi connectivity index (χ1v) is 5.82. The number of aromatic carboxylic acids is 1. The van der Waals surface area contributed by atoms with Crippen molar-refractivity contribution in [3.05, 3.63) is 17.9 Å². The van der Waals surface area contributed by atoms with Crippen LogP contribution < -0.4 is 4.90 Å². The van der Waals surface area contributed by atoms with Gasteiger partial charge in [0.25, 0.3) is 0 Å². The van der Waals surface area contributed by atoms with Gasteiger partial charge < -0.3 is 19.3 Å². The fourth-order valence-corrected chi connectivity index (χ4v) is 2.19. The Labute approximate surface area is 101 Å². The van der Waals surface area contributed by atoms with E-state index in [1.807, 2.05) is 11.9 Å². The van der Waals surface area contributed by atoms with E-state index in [4.69, 9.17) is 9.52 Å². The van der Waals surface area contributed by atoms with E-state index in [2.05, 4.69) is 11.9 Å². The normalized spacial score (nSPS) is 18.2. The van der Waals surface area contributed by atoms with Crippen LogP contribution >= 0.6 is 0 Å². The van der Waals surface area contributed by atoms with Crippen LogP contribution in [0.1, 0.15) is 23.4 Å². The van der Waals surface area contributed by atoms with Gasteiger partial charge in [-0.1, -0.05) is 0 Å². The van der Waals surface area contributed by atoms with Crippen molar-refractivity contribution in [2.45, 2.75) is 18.9 Å². The van der Waals surface area contributed by atoms with Gasteiger partial charge in [-0.2, -0.15) is 0 Å². The summed E-state index contributed by atoms with van der Waals surface area (Å²) in [6.07, 6.45) is 2.16. The number of carboxylic acid groups (broad SMARTS) is 1. The second kappa shape index (κ2) is 4.79. The molecule has 0 amide bonds. The molecule has 17 heavy (non-hydrogen) atoms. The van der Waals surface area contributed by atoms with Crippen LogP contribution in [0.2, 0.25) is 0 Å². The number of hydrogen-bond donors (Lipinski definition) is 1. The third kappa shape index (κ3) is 2.61. The lowest BCUT2D eigenvalue weighted by molar-refractivity contribution is 0.0663. The van der Waals surface area contributed by atoms with E-state index in [-0.39, 0.29) is 5.76 Å². The number of anilines is 1. The number of carbonyl (C=O) groups is 1. The second-order valence-corrected chi connectivity index (χ2v) is 4.59. The molecule has 1 N–H and O–H groups in total. The minimum absolute atomic E-state index is 0.000206. The average Bonchev–Trinajstić information content (AvgIpc) is 2.78. The van der Waals surface area contributed by atoms with Crippen molar-refractivity contribution in [1.82, 2.24) is 4.90 Å². The molecular weight excluding hydrogens is 220 g/mol. The van der Waals surface area contributed by atoms with Crippen molar-refractivity contribution in [3.8, 4) is 0 Å². The highest BCUT2D eigenvalue weighted by atomic mass is 16.4. The molecule has 1 aliphatic rings. The zero-order chi connectivity index (χ0) is 12.4. The topological polar surface area (TPSA) is 56.9 Å². The highest BCUT2D eigenvalue weighted by Crippen LogP contribution is 2.23. The number of furan rings is 1. The Morgan fingerprint density at radius 3 is 2.65 bits per heavy atom. The summed E-state index contributed by atoms with van der Waals surface area (Å²) in [4.78, 5) is 15.1. The zero-order valence-electron chi connectivity index (χ0n) is 10.2. The van der Waals surface area contributed by atoms with Crippen molar-refractivity contribution in [2.75, 3.05) is 32.1 Å². The third-order valence-electron chi connectivity index (χ3n) is 3.39. The average molecular weight is 238 g/mol. The van der Waals surface area contributed by atoms with Crippen molar-refractivity contribution in [1.29, 1.82) is 0 Å². The van der Waals surface area contributed by atoms with Crippen LogP contribution in [0.4, 0.5) is 5.88 Å². The summed E-state index contributed by atoms with van der Waals surface area (Å²) in [6, 6.07) is 3.66. The maximum Gasteiger partial charge on any atom is 0.371 e. The summed E-state index contributed by atoms with van der Waals surface area (Å²) < 4.78 is 5.30. The fourth-order valence-electron chi connectivity index (χ4n) is 2.19. The lowest BCUT2D eigenvalue weighted by atomic mass is 10.0. The van der Waals surface area contributed by atoms with Gasteiger partial charge in [0.05, 0.1) is 0 Å². The maximum absolute atomic E-state index is 10.7. The molecular formula is C12H18N2O3. The molecule has 5 heteroatoms. The molecule has 0 atom stereocenters. The van der Waals surface area contributed by atoms with Gasteiger partial charge in [0.2, 0.25) is 5.76 Å². The van der Waals surface area contributed by atoms with Crippen molar-refractivity contribution >= 4 is 11.9 Å². The SMILES string of the molecule is CN1CCC(N(C)c2ccc(C(=O)O)o2)CC1. The summed E-state index contributed by atoms with van der Waals surface area (Å²) in [6.45, 7) is 2.14. The Morgan fingerprint density at radius 1 is 1.47 bits per heavy atom. The Balaban J connectivity index is 2.03. The summed E-state index contributed by atoms with van der Waals surface area (Å²) in [5, 5.41) is 8.81. The van der Waals surface area contributed by atoms with Gasteiger partial charge in [0, 0.05) is 19.2 Å². The number of rotatable bonds is 3. The predicted octanol–water partition coefficient (Wildman–Crippen LogP) is 1.51. The van der Waals surface area contributed by atoms with E-state index in [1.165, 1.54) is 6.07 Å². The molecule has 0 aliphatic carbocycles. The van der Waals surface area contributed by atoms with E-state index in [0.29, 0.717) is 11.9 Å². The lowest BCUT2D eigenvalue weighted by Gasteiger charge is -2.34. The molecule has 2 rings (SSSR count). The summed E-state index contributed by atoms with van der Waals surface area (Å²) in [5.41, 5.74) is 0. The first kappa shape index (κ1) is 12.0. The van der Waals surface area contributed by atoms with Crippen LogP contribution in [0, 0.1) is 0 Å². The van der Waals surface area contributed by atoms with Gasteiger partial charge in [-0.05, 0) is 39.0 Å². The second-order valence-electron chi connectivity index (χ2n) is 4.59. The van der Waals surface area contributed by atoms with Gasteiger partial charge in [-0.15, -0.1) is 0 Å². The molecule has 0 spiro atoms. The first-order chi connectivity index (χ1) is 8.08. The zero-order valence-corrected chi connectivity index (χ0v) is 10.2. The molecule has 1 fully saturated rings. The molecule has 0 radical (unpaired) electrons. The van der Waals surface area contributed by atoms with Crippen LogP contribution in [-0.2, 0) is 0 Å². The molecule has 0 saturated carbocycles. The highest BCUT2D eigenvalue weighted by molar-refractivity contribution is 5.84. The Hall–Kier alpha value is -1.49. The number of piperidine rings is 1. The van der Waals surface area contributed by atoms with Gasteiger partial charge >= 0.3 is 5.97 Å². The molecule has 94 valence electrons. The molecule has 0 aromatic carbocycles. The molecule has 5 nitrogen and oxygen atoms in total. The van der Waals surface area contributed by atoms with Gasteiger partial charge in [0.15, 0.2) is 5.88 Å². The standard InChI is InChI=1S/C12H18N2O3/c1-13-7-5-9(6-8-13)14(2)11-4-3-10(17-11)12(15)16/h3-4,9H,5-8H2,1-2H3,(H,15,16). The largest absolute Gasteiger partial charge is 0.475 e. The minimum Gasteiger partial charge on any atom is -0.475 e. The Bertz CT molecular complexity index is 394. The molecule has 0 unspecified atom stereocenters. The van der Waals surface area contributed by atoms with Crippen LogP contribution in [0.15, 0.2) is 16.5 Å². The van der Waals surface area contributed by atoms with E-state index in [9.17, 15) is 4.79 Å².